The summed E-state index contributed by atoms with van der Waals surface area (Å²) in [5, 5.41) is 31.9. The normalized spacial score (nSPS) is 21.9. The summed E-state index contributed by atoms with van der Waals surface area (Å²) in [6.45, 7) is 2.89. The van der Waals surface area contributed by atoms with E-state index in [0.717, 1.165) is 51.4 Å². The van der Waals surface area contributed by atoms with Crippen LogP contribution in [0.4, 0.5) is 0 Å². The Balaban J connectivity index is 2.75. The highest BCUT2D eigenvalue weighted by Crippen LogP contribution is 2.51. The van der Waals surface area contributed by atoms with Gasteiger partial charge in [-0.15, -0.1) is 0 Å². The van der Waals surface area contributed by atoms with Crippen molar-refractivity contribution in [3.8, 4) is 0 Å². The summed E-state index contributed by atoms with van der Waals surface area (Å²) in [5.41, 5.74) is 0. The molecule has 1 rings (SSSR count). The fourth-order valence-electron chi connectivity index (χ4n) is 7.31. The van der Waals surface area contributed by atoms with Crippen LogP contribution in [0.15, 0.2) is 36.5 Å². The van der Waals surface area contributed by atoms with Crippen molar-refractivity contribution in [2.45, 2.75) is 224 Å². The Bertz CT molecular complexity index is 1550. The van der Waals surface area contributed by atoms with Crippen LogP contribution >= 0.6 is 23.5 Å². The van der Waals surface area contributed by atoms with Gasteiger partial charge in [0.1, 0.15) is 43.2 Å². The van der Waals surface area contributed by atoms with Gasteiger partial charge in [0.25, 0.3) is 0 Å². The van der Waals surface area contributed by atoms with Gasteiger partial charge in [0.15, 0.2) is 6.10 Å². The Labute approximate surface area is 398 Å². The first-order chi connectivity index (χ1) is 31.8. The van der Waals surface area contributed by atoms with Crippen LogP contribution in [-0.2, 0) is 50.9 Å². The number of rotatable bonds is 41. The second-order valence-corrected chi connectivity index (χ2v) is 20.8. The molecule has 0 aromatic heterocycles. The van der Waals surface area contributed by atoms with Crippen molar-refractivity contribution in [2.75, 3.05) is 13.2 Å². The van der Waals surface area contributed by atoms with Crippen LogP contribution in [0.25, 0.3) is 0 Å². The molecule has 67 heavy (non-hydrogen) atoms. The number of hydrogen-bond acceptors (Lipinski definition) is 14. The van der Waals surface area contributed by atoms with E-state index in [-0.39, 0.29) is 12.8 Å². The summed E-state index contributed by atoms with van der Waals surface area (Å²) in [4.78, 5) is 73.2. The second-order valence-electron chi connectivity index (χ2n) is 17.0. The number of ether oxygens (including phenoxy) is 2. The van der Waals surface area contributed by atoms with Crippen molar-refractivity contribution in [1.82, 2.24) is 0 Å². The van der Waals surface area contributed by atoms with E-state index in [2.05, 4.69) is 47.2 Å². The zero-order chi connectivity index (χ0) is 50.0. The van der Waals surface area contributed by atoms with Crippen LogP contribution < -0.4 is 0 Å². The third-order valence-electron chi connectivity index (χ3n) is 10.9. The Morgan fingerprint density at radius 2 is 0.881 bits per heavy atom. The second kappa shape index (κ2) is 37.2. The molecule has 1 aliphatic carbocycles. The van der Waals surface area contributed by atoms with Crippen molar-refractivity contribution in [3.05, 3.63) is 36.5 Å². The summed E-state index contributed by atoms with van der Waals surface area (Å²) in [5.74, 6) is -1.35. The van der Waals surface area contributed by atoms with Crippen LogP contribution in [0.3, 0.4) is 0 Å². The Morgan fingerprint density at radius 1 is 0.478 bits per heavy atom. The number of hydrogen-bond donors (Lipinski definition) is 8. The lowest BCUT2D eigenvalue weighted by molar-refractivity contribution is -0.213. The lowest BCUT2D eigenvalue weighted by Crippen LogP contribution is -2.65. The molecule has 1 saturated carbocycles. The number of carbonyl (C=O) groups excluding carboxylic acids is 2. The van der Waals surface area contributed by atoms with Gasteiger partial charge in [0, 0.05) is 12.8 Å². The number of unbranched alkanes of at least 4 members (excludes halogenated alkanes) is 19. The predicted molar refractivity (Wildman–Crippen MR) is 252 cm³/mol. The zero-order valence-electron chi connectivity index (χ0n) is 39.7. The lowest BCUT2D eigenvalue weighted by Gasteiger charge is -2.44. The fourth-order valence-corrected chi connectivity index (χ4v) is 9.40. The largest absolute Gasteiger partial charge is 0.472 e. The van der Waals surface area contributed by atoms with E-state index in [4.69, 9.17) is 18.5 Å². The molecule has 19 nitrogen and oxygen atoms in total. The first kappa shape index (κ1) is 63.4. The van der Waals surface area contributed by atoms with Gasteiger partial charge >= 0.3 is 35.4 Å². The number of phosphoric ester groups is 3. The zero-order valence-corrected chi connectivity index (χ0v) is 42.4. The molecule has 0 aromatic rings. The number of aliphatic hydroxyl groups excluding tert-OH is 3. The molecule has 8 unspecified atom stereocenters. The molecular weight excluding hydrogens is 937 g/mol. The minimum Gasteiger partial charge on any atom is -0.462 e. The molecule has 0 bridgehead atoms. The number of carbonyl (C=O) groups is 2. The SMILES string of the molecule is CCCCCCCCC=CCC=CCC=CCCCC(=O)OCC(COP(=O)(O)OC1C(O)C(O)C(OP(=O)(O)O)C(OP(=O)(O)O)C1O)OC(=O)CCCCCCCCCCCCCCC. The van der Waals surface area contributed by atoms with Gasteiger partial charge in [-0.2, -0.15) is 0 Å². The van der Waals surface area contributed by atoms with E-state index < -0.39 is 91.3 Å². The molecule has 8 N–H and O–H groups in total. The summed E-state index contributed by atoms with van der Waals surface area (Å²) in [6.07, 6.45) is 21.7. The average Bonchev–Trinajstić information content (AvgIpc) is 3.25. The molecule has 0 aromatic carbocycles. The van der Waals surface area contributed by atoms with E-state index >= 15 is 0 Å². The lowest BCUT2D eigenvalue weighted by atomic mass is 9.85. The van der Waals surface area contributed by atoms with E-state index in [1.807, 2.05) is 12.2 Å². The molecule has 0 saturated heterocycles. The first-order valence-electron chi connectivity index (χ1n) is 24.3. The van der Waals surface area contributed by atoms with Gasteiger partial charge < -0.3 is 49.3 Å². The van der Waals surface area contributed by atoms with E-state index in [1.54, 1.807) is 0 Å². The molecule has 0 heterocycles. The third-order valence-corrected chi connectivity index (χ3v) is 13.0. The van der Waals surface area contributed by atoms with Gasteiger partial charge in [-0.3, -0.25) is 27.7 Å². The van der Waals surface area contributed by atoms with Crippen LogP contribution in [0.5, 0.6) is 0 Å². The van der Waals surface area contributed by atoms with Gasteiger partial charge in [0.2, 0.25) is 0 Å². The van der Waals surface area contributed by atoms with Crippen LogP contribution in [0.1, 0.15) is 181 Å². The highest BCUT2D eigenvalue weighted by Gasteiger charge is 2.56. The van der Waals surface area contributed by atoms with E-state index in [1.165, 1.54) is 83.5 Å². The summed E-state index contributed by atoms with van der Waals surface area (Å²) in [7, 11) is -16.6. The van der Waals surface area contributed by atoms with Gasteiger partial charge in [0.05, 0.1) is 6.61 Å². The summed E-state index contributed by atoms with van der Waals surface area (Å²) in [6, 6.07) is 0. The monoisotopic (exact) mass is 1020 g/mol. The Hall–Kier alpha value is -1.63. The van der Waals surface area contributed by atoms with Crippen molar-refractivity contribution in [2.24, 2.45) is 0 Å². The molecule has 8 atom stereocenters. The van der Waals surface area contributed by atoms with Crippen LogP contribution in [0.2, 0.25) is 0 Å². The molecular formula is C45H83O19P3. The first-order valence-corrected chi connectivity index (χ1v) is 28.8. The minimum absolute atomic E-state index is 0.00980. The van der Waals surface area contributed by atoms with Crippen LogP contribution in [0, 0.1) is 0 Å². The topological polar surface area (TPSA) is 303 Å². The number of allylic oxidation sites excluding steroid dienone is 6. The quantitative estimate of drug-likeness (QED) is 0.0123. The Morgan fingerprint density at radius 3 is 1.37 bits per heavy atom. The van der Waals surface area contributed by atoms with Crippen molar-refractivity contribution in [1.29, 1.82) is 0 Å². The molecule has 0 aliphatic heterocycles. The molecule has 1 aliphatic rings. The molecule has 22 heteroatoms. The van der Waals surface area contributed by atoms with Gasteiger partial charge in [-0.25, -0.2) is 13.7 Å². The molecule has 1 fully saturated rings. The molecule has 392 valence electrons. The molecule has 0 spiro atoms. The number of aliphatic hydroxyl groups is 3. The van der Waals surface area contributed by atoms with E-state index in [0.29, 0.717) is 19.3 Å². The summed E-state index contributed by atoms with van der Waals surface area (Å²) >= 11 is 0. The summed E-state index contributed by atoms with van der Waals surface area (Å²) < 4.78 is 65.4. The molecule has 0 radical (unpaired) electrons. The predicted octanol–water partition coefficient (Wildman–Crippen LogP) is 8.85. The van der Waals surface area contributed by atoms with Crippen molar-refractivity contribution >= 4 is 35.4 Å². The van der Waals surface area contributed by atoms with Gasteiger partial charge in [-0.1, -0.05) is 159 Å². The third kappa shape index (κ3) is 33.6. The number of phosphoric acid groups is 3. The standard InChI is InChI=1S/C45H83O19P3/c1-3-5-7-9-11-13-15-17-18-19-20-22-23-25-27-29-31-33-38(46)59-35-37(61-39(47)34-32-30-28-26-24-21-16-14-12-10-8-6-4-2)36-60-67(57,58)64-43-40(48)41(49)44(62-65(51,52)53)45(42(43)50)63-66(54,55)56/h17-18,20,22,25,27,37,40-45,48-50H,3-16,19,21,23-24,26,28-36H2,1-2H3,(H,57,58)(H2,51,52,53)(H2,54,55,56). The van der Waals surface area contributed by atoms with Crippen LogP contribution in [-0.4, -0.2) is 108 Å². The van der Waals surface area contributed by atoms with Crippen molar-refractivity contribution < 1.29 is 90.6 Å². The smallest absolute Gasteiger partial charge is 0.462 e. The Kier molecular flexibility index (Phi) is 35.2. The highest BCUT2D eigenvalue weighted by molar-refractivity contribution is 7.47. The maximum atomic E-state index is 13.1. The maximum Gasteiger partial charge on any atom is 0.472 e. The fraction of sp³-hybridized carbons (Fsp3) is 0.822. The number of esters is 2. The van der Waals surface area contributed by atoms with Gasteiger partial charge in [-0.05, 0) is 44.9 Å². The van der Waals surface area contributed by atoms with E-state index in [9.17, 15) is 63.1 Å². The average molecular weight is 1020 g/mol. The minimum atomic E-state index is -5.60. The molecule has 0 amide bonds. The van der Waals surface area contributed by atoms with Crippen molar-refractivity contribution in [3.63, 3.8) is 0 Å². The highest BCUT2D eigenvalue weighted by atomic mass is 31.2. The maximum absolute atomic E-state index is 13.1.